The molecule has 3 aromatic rings. The van der Waals surface area contributed by atoms with Crippen LogP contribution >= 0.6 is 23.1 Å². The van der Waals surface area contributed by atoms with Gasteiger partial charge in [-0.2, -0.15) is 5.26 Å². The molecule has 0 saturated carbocycles. The Morgan fingerprint density at radius 3 is 2.93 bits per heavy atom. The summed E-state index contributed by atoms with van der Waals surface area (Å²) in [5.41, 5.74) is 3.63. The minimum absolute atomic E-state index is 0.0797. The Morgan fingerprint density at radius 2 is 2.14 bits per heavy atom. The summed E-state index contributed by atoms with van der Waals surface area (Å²) in [4.78, 5) is 21.3. The van der Waals surface area contributed by atoms with Crippen LogP contribution in [0, 0.1) is 18.3 Å². The fourth-order valence-electron chi connectivity index (χ4n) is 2.68. The van der Waals surface area contributed by atoms with Gasteiger partial charge in [0.05, 0.1) is 15.8 Å². The molecule has 1 amide bonds. The van der Waals surface area contributed by atoms with Crippen molar-refractivity contribution < 1.29 is 4.79 Å². The lowest BCUT2D eigenvalue weighted by Crippen LogP contribution is -2.12. The van der Waals surface area contributed by atoms with E-state index in [2.05, 4.69) is 34.3 Å². The number of nitrogens with zero attached hydrogens (tertiary/aromatic N) is 3. The van der Waals surface area contributed by atoms with Gasteiger partial charge < -0.3 is 5.32 Å². The van der Waals surface area contributed by atoms with Crippen molar-refractivity contribution in [3.63, 3.8) is 0 Å². The Morgan fingerprint density at radius 1 is 1.29 bits per heavy atom. The number of aryl methyl sites for hydroxylation is 2. The fraction of sp³-hybridized carbons (Fsp3) is 0.333. The molecule has 0 spiro atoms. The van der Waals surface area contributed by atoms with E-state index in [4.69, 9.17) is 0 Å². The Labute approximate surface area is 173 Å². The van der Waals surface area contributed by atoms with E-state index >= 15 is 0 Å². The number of nitrogens with one attached hydrogen (secondary N) is 1. The summed E-state index contributed by atoms with van der Waals surface area (Å²) in [6, 6.07) is 12.0. The molecule has 1 N–H and O–H groups in total. The number of nitriles is 1. The van der Waals surface area contributed by atoms with E-state index in [1.807, 2.05) is 31.2 Å². The molecule has 0 saturated heterocycles. The van der Waals surface area contributed by atoms with Gasteiger partial charge in [0.25, 0.3) is 0 Å². The molecule has 0 aliphatic rings. The number of anilines is 1. The lowest BCUT2D eigenvalue weighted by atomic mass is 10.2. The van der Waals surface area contributed by atoms with Crippen LogP contribution in [0.2, 0.25) is 0 Å². The number of rotatable bonds is 8. The third-order valence-corrected chi connectivity index (χ3v) is 6.11. The third-order valence-electron chi connectivity index (χ3n) is 4.18. The van der Waals surface area contributed by atoms with E-state index in [0.717, 1.165) is 35.2 Å². The average Bonchev–Trinajstić information content (AvgIpc) is 3.07. The molecule has 0 aliphatic carbocycles. The molecule has 0 atom stereocenters. The first-order valence-electron chi connectivity index (χ1n) is 9.29. The monoisotopic (exact) mass is 410 g/mol. The molecule has 0 bridgehead atoms. The minimum Gasteiger partial charge on any atom is -0.302 e. The van der Waals surface area contributed by atoms with Crippen LogP contribution in [0.25, 0.3) is 10.2 Å². The van der Waals surface area contributed by atoms with Gasteiger partial charge in [-0.05, 0) is 49.6 Å². The van der Waals surface area contributed by atoms with E-state index in [9.17, 15) is 10.1 Å². The van der Waals surface area contributed by atoms with Gasteiger partial charge in [0.1, 0.15) is 11.1 Å². The molecule has 1 aromatic carbocycles. The van der Waals surface area contributed by atoms with Gasteiger partial charge in [0.15, 0.2) is 5.13 Å². The van der Waals surface area contributed by atoms with Gasteiger partial charge in [0.2, 0.25) is 5.91 Å². The average molecular weight is 411 g/mol. The van der Waals surface area contributed by atoms with Crippen LogP contribution in [0.5, 0.6) is 0 Å². The fourth-order valence-corrected chi connectivity index (χ4v) is 4.59. The van der Waals surface area contributed by atoms with Gasteiger partial charge in [0, 0.05) is 17.9 Å². The smallest absolute Gasteiger partial charge is 0.226 e. The number of aromatic nitrogens is 2. The summed E-state index contributed by atoms with van der Waals surface area (Å²) in [6.45, 7) is 4.18. The largest absolute Gasteiger partial charge is 0.302 e. The quantitative estimate of drug-likeness (QED) is 0.507. The first-order valence-corrected chi connectivity index (χ1v) is 11.1. The molecule has 2 heterocycles. The zero-order chi connectivity index (χ0) is 19.9. The highest BCUT2D eigenvalue weighted by Gasteiger charge is 2.11. The second kappa shape index (κ2) is 9.67. The van der Waals surface area contributed by atoms with Gasteiger partial charge in [-0.3, -0.25) is 4.79 Å². The van der Waals surface area contributed by atoms with Crippen molar-refractivity contribution in [2.75, 3.05) is 11.1 Å². The number of benzene rings is 1. The molecular weight excluding hydrogens is 388 g/mol. The van der Waals surface area contributed by atoms with Gasteiger partial charge >= 0.3 is 0 Å². The molecule has 2 aromatic heterocycles. The van der Waals surface area contributed by atoms with Crippen LogP contribution in [-0.4, -0.2) is 21.6 Å². The SMILES string of the molecule is CCCCc1ccc(C#N)c(SCCC(=O)Nc2nc3ccc(C)cc3s2)n1. The lowest BCUT2D eigenvalue weighted by Gasteiger charge is -2.06. The number of carbonyl (C=O) groups is 1. The highest BCUT2D eigenvalue weighted by atomic mass is 32.2. The first-order chi connectivity index (χ1) is 13.6. The van der Waals surface area contributed by atoms with Crippen molar-refractivity contribution in [1.82, 2.24) is 9.97 Å². The van der Waals surface area contributed by atoms with Crippen LogP contribution in [0.4, 0.5) is 5.13 Å². The molecule has 3 rings (SSSR count). The summed E-state index contributed by atoms with van der Waals surface area (Å²) in [7, 11) is 0. The molecular formula is C21H22N4OS2. The minimum atomic E-state index is -0.0797. The Balaban J connectivity index is 1.56. The number of carbonyl (C=O) groups excluding carboxylic acids is 1. The lowest BCUT2D eigenvalue weighted by molar-refractivity contribution is -0.115. The van der Waals surface area contributed by atoms with E-state index in [1.54, 1.807) is 0 Å². The molecule has 144 valence electrons. The number of fused-ring (bicyclic) bond motifs is 1. The van der Waals surface area contributed by atoms with Crippen LogP contribution < -0.4 is 5.32 Å². The van der Waals surface area contributed by atoms with Crippen LogP contribution in [-0.2, 0) is 11.2 Å². The van der Waals surface area contributed by atoms with E-state index in [0.29, 0.717) is 27.9 Å². The Kier molecular flexibility index (Phi) is 7.01. The summed E-state index contributed by atoms with van der Waals surface area (Å²) in [5.74, 6) is 0.485. The number of hydrogen-bond donors (Lipinski definition) is 1. The van der Waals surface area contributed by atoms with Crippen molar-refractivity contribution in [2.24, 2.45) is 0 Å². The van der Waals surface area contributed by atoms with Crippen molar-refractivity contribution in [3.8, 4) is 6.07 Å². The van der Waals surface area contributed by atoms with Crippen LogP contribution in [0.15, 0.2) is 35.4 Å². The molecule has 5 nitrogen and oxygen atoms in total. The number of thioether (sulfide) groups is 1. The highest BCUT2D eigenvalue weighted by molar-refractivity contribution is 7.99. The molecule has 7 heteroatoms. The highest BCUT2D eigenvalue weighted by Crippen LogP contribution is 2.27. The summed E-state index contributed by atoms with van der Waals surface area (Å²) in [5, 5.41) is 13.5. The topological polar surface area (TPSA) is 78.7 Å². The van der Waals surface area contributed by atoms with Crippen molar-refractivity contribution in [2.45, 2.75) is 44.6 Å². The predicted molar refractivity (Wildman–Crippen MR) is 116 cm³/mol. The summed E-state index contributed by atoms with van der Waals surface area (Å²) < 4.78 is 1.07. The standard InChI is InChI=1S/C21H22N4OS2/c1-3-4-5-16-8-7-15(13-22)20(23-16)27-11-10-19(26)25-21-24-17-9-6-14(2)12-18(17)28-21/h6-9,12H,3-5,10-11H2,1-2H3,(H,24,25,26). The summed E-state index contributed by atoms with van der Waals surface area (Å²) in [6.07, 6.45) is 3.43. The van der Waals surface area contributed by atoms with Crippen molar-refractivity contribution in [1.29, 1.82) is 5.26 Å². The second-order valence-electron chi connectivity index (χ2n) is 6.51. The van der Waals surface area contributed by atoms with E-state index < -0.39 is 0 Å². The maximum absolute atomic E-state index is 12.3. The van der Waals surface area contributed by atoms with E-state index in [1.165, 1.54) is 28.7 Å². The number of hydrogen-bond acceptors (Lipinski definition) is 6. The second-order valence-corrected chi connectivity index (χ2v) is 8.62. The normalized spacial score (nSPS) is 10.8. The Bertz CT molecular complexity index is 1020. The molecule has 0 radical (unpaired) electrons. The third kappa shape index (κ3) is 5.31. The van der Waals surface area contributed by atoms with Crippen LogP contribution in [0.3, 0.4) is 0 Å². The summed E-state index contributed by atoms with van der Waals surface area (Å²) >= 11 is 2.93. The predicted octanol–water partition coefficient (Wildman–Crippen LogP) is 5.33. The van der Waals surface area contributed by atoms with Gasteiger partial charge in [-0.1, -0.05) is 30.7 Å². The molecule has 0 aliphatic heterocycles. The number of thiazole rings is 1. The van der Waals surface area contributed by atoms with Gasteiger partial charge in [-0.25, -0.2) is 9.97 Å². The molecule has 0 unspecified atom stereocenters. The Hall–Kier alpha value is -2.43. The van der Waals surface area contributed by atoms with Crippen molar-refractivity contribution >= 4 is 44.4 Å². The maximum atomic E-state index is 12.3. The van der Waals surface area contributed by atoms with Crippen LogP contribution in [0.1, 0.15) is 43.0 Å². The van der Waals surface area contributed by atoms with Gasteiger partial charge in [-0.15, -0.1) is 11.8 Å². The van der Waals surface area contributed by atoms with E-state index in [-0.39, 0.29) is 5.91 Å². The zero-order valence-corrected chi connectivity index (χ0v) is 17.6. The van der Waals surface area contributed by atoms with Crippen molar-refractivity contribution in [3.05, 3.63) is 47.2 Å². The number of amides is 1. The molecule has 28 heavy (non-hydrogen) atoms. The first kappa shape index (κ1) is 20.3. The number of pyridine rings is 1. The number of unbranched alkanes of at least 4 members (excludes halogenated alkanes) is 1. The maximum Gasteiger partial charge on any atom is 0.226 e. The zero-order valence-electron chi connectivity index (χ0n) is 16.0. The molecule has 0 fully saturated rings.